The Morgan fingerprint density at radius 3 is 2.55 bits per heavy atom. The Kier molecular flexibility index (Phi) is 5.99. The molecule has 1 aliphatic heterocycles. The number of carbonyl (C=O) groups is 1. The van der Waals surface area contributed by atoms with Crippen LogP contribution in [-0.2, 0) is 21.2 Å². The van der Waals surface area contributed by atoms with Gasteiger partial charge in [0.25, 0.3) is 5.91 Å². The molecule has 1 unspecified atom stereocenters. The lowest BCUT2D eigenvalue weighted by molar-refractivity contribution is 0.0728. The Hall–Kier alpha value is -1.44. The monoisotopic (exact) mass is 448 g/mol. The molecular formula is C24H36N2O4S. The van der Waals surface area contributed by atoms with Gasteiger partial charge in [-0.15, -0.1) is 0 Å². The standard InChI is InChI=1S/C24H36N2O4S/c1-5-6-17-7-8-18(15-20(17)31(28,29)26-11-13-30-14-12-26)21(27)25-22-23(2,3)19-9-10-24(22,4)16-19/h7-8,15,19,22H,5-6,9-14,16H2,1-4H3,(H,25,27)/t19-,22?,24+/m1/s1. The maximum atomic E-state index is 13.4. The average Bonchev–Trinajstić information content (AvgIpc) is 3.23. The maximum Gasteiger partial charge on any atom is 0.251 e. The average molecular weight is 449 g/mol. The van der Waals surface area contributed by atoms with Crippen molar-refractivity contribution in [3.05, 3.63) is 29.3 Å². The number of nitrogens with one attached hydrogen (secondary N) is 1. The molecule has 1 aromatic rings. The molecule has 0 spiro atoms. The summed E-state index contributed by atoms with van der Waals surface area (Å²) in [6.45, 7) is 10.3. The van der Waals surface area contributed by atoms with Gasteiger partial charge in [0, 0.05) is 24.7 Å². The second-order valence-corrected chi connectivity index (χ2v) is 12.3. The van der Waals surface area contributed by atoms with E-state index in [1.807, 2.05) is 13.0 Å². The molecule has 2 saturated carbocycles. The van der Waals surface area contributed by atoms with E-state index >= 15 is 0 Å². The lowest BCUT2D eigenvalue weighted by Crippen LogP contribution is -2.52. The van der Waals surface area contributed by atoms with E-state index < -0.39 is 10.0 Å². The Morgan fingerprint density at radius 1 is 1.23 bits per heavy atom. The number of aryl methyl sites for hydroxylation is 1. The number of ether oxygens (including phenoxy) is 1. The van der Waals surface area contributed by atoms with Gasteiger partial charge in [-0.3, -0.25) is 4.79 Å². The number of amides is 1. The van der Waals surface area contributed by atoms with E-state index in [9.17, 15) is 13.2 Å². The van der Waals surface area contributed by atoms with Crippen LogP contribution in [0.25, 0.3) is 0 Å². The zero-order chi connectivity index (χ0) is 22.4. The highest BCUT2D eigenvalue weighted by molar-refractivity contribution is 7.89. The summed E-state index contributed by atoms with van der Waals surface area (Å²) in [4.78, 5) is 13.6. The van der Waals surface area contributed by atoms with Crippen molar-refractivity contribution in [3.8, 4) is 0 Å². The SMILES string of the molecule is CCCc1ccc(C(=O)NC2C(C)(C)[C@@H]3CC[C@@]2(C)C3)cc1S(=O)(=O)N1CCOCC1. The van der Waals surface area contributed by atoms with Crippen LogP contribution in [0.15, 0.2) is 23.1 Å². The molecule has 7 heteroatoms. The van der Waals surface area contributed by atoms with Gasteiger partial charge in [-0.25, -0.2) is 8.42 Å². The molecule has 6 nitrogen and oxygen atoms in total. The molecule has 3 aliphatic rings. The normalized spacial score (nSPS) is 30.5. The van der Waals surface area contributed by atoms with E-state index in [0.717, 1.165) is 24.8 Å². The third-order valence-electron chi connectivity index (χ3n) is 7.98. The first-order valence-electron chi connectivity index (χ1n) is 11.6. The molecule has 3 atom stereocenters. The number of benzene rings is 1. The largest absolute Gasteiger partial charge is 0.379 e. The molecule has 4 rings (SSSR count). The number of carbonyl (C=O) groups excluding carboxylic acids is 1. The van der Waals surface area contributed by atoms with Crippen molar-refractivity contribution in [2.75, 3.05) is 26.3 Å². The van der Waals surface area contributed by atoms with E-state index in [-0.39, 0.29) is 27.7 Å². The van der Waals surface area contributed by atoms with Crippen LogP contribution in [-0.4, -0.2) is 51.0 Å². The molecule has 31 heavy (non-hydrogen) atoms. The van der Waals surface area contributed by atoms with Gasteiger partial charge in [0.2, 0.25) is 10.0 Å². The molecule has 2 aliphatic carbocycles. The maximum absolute atomic E-state index is 13.4. The van der Waals surface area contributed by atoms with Crippen molar-refractivity contribution in [2.24, 2.45) is 16.7 Å². The second-order valence-electron chi connectivity index (χ2n) is 10.4. The summed E-state index contributed by atoms with van der Waals surface area (Å²) in [5, 5.41) is 3.30. The van der Waals surface area contributed by atoms with Gasteiger partial charge in [0.05, 0.1) is 18.1 Å². The van der Waals surface area contributed by atoms with Gasteiger partial charge in [-0.1, -0.05) is 40.2 Å². The number of sulfonamides is 1. The number of hydrogen-bond donors (Lipinski definition) is 1. The highest BCUT2D eigenvalue weighted by Crippen LogP contribution is 2.62. The lowest BCUT2D eigenvalue weighted by atomic mass is 9.68. The van der Waals surface area contributed by atoms with Crippen molar-refractivity contribution in [1.82, 2.24) is 9.62 Å². The molecule has 0 aromatic heterocycles. The highest BCUT2D eigenvalue weighted by atomic mass is 32.2. The first-order chi connectivity index (χ1) is 14.6. The van der Waals surface area contributed by atoms with Gasteiger partial charge in [-0.2, -0.15) is 4.31 Å². The van der Waals surface area contributed by atoms with Crippen LogP contribution in [0.5, 0.6) is 0 Å². The summed E-state index contributed by atoms with van der Waals surface area (Å²) >= 11 is 0. The minimum atomic E-state index is -3.67. The van der Waals surface area contributed by atoms with E-state index in [0.29, 0.717) is 44.2 Å². The lowest BCUT2D eigenvalue weighted by Gasteiger charge is -2.43. The second kappa shape index (κ2) is 8.16. The zero-order valence-corrected chi connectivity index (χ0v) is 20.1. The summed E-state index contributed by atoms with van der Waals surface area (Å²) < 4.78 is 33.6. The fourth-order valence-corrected chi connectivity index (χ4v) is 7.90. The van der Waals surface area contributed by atoms with Crippen LogP contribution in [0.3, 0.4) is 0 Å². The molecule has 2 bridgehead atoms. The van der Waals surface area contributed by atoms with E-state index in [1.165, 1.54) is 10.7 Å². The first kappa shape index (κ1) is 22.7. The smallest absolute Gasteiger partial charge is 0.251 e. The fraction of sp³-hybridized carbons (Fsp3) is 0.708. The summed E-state index contributed by atoms with van der Waals surface area (Å²) in [5.74, 6) is 0.459. The third kappa shape index (κ3) is 3.93. The van der Waals surface area contributed by atoms with Gasteiger partial charge in [0.1, 0.15) is 0 Å². The highest BCUT2D eigenvalue weighted by Gasteiger charge is 2.59. The zero-order valence-electron chi connectivity index (χ0n) is 19.2. The van der Waals surface area contributed by atoms with Gasteiger partial charge >= 0.3 is 0 Å². The minimum absolute atomic E-state index is 0.0491. The summed E-state index contributed by atoms with van der Waals surface area (Å²) in [6, 6.07) is 5.29. The molecule has 1 heterocycles. The number of fused-ring (bicyclic) bond motifs is 2. The van der Waals surface area contributed by atoms with E-state index in [2.05, 4.69) is 26.1 Å². The molecule has 1 N–H and O–H groups in total. The van der Waals surface area contributed by atoms with Crippen LogP contribution in [0.1, 0.15) is 69.3 Å². The summed E-state index contributed by atoms with van der Waals surface area (Å²) in [5.41, 5.74) is 1.37. The van der Waals surface area contributed by atoms with Crippen LogP contribution < -0.4 is 5.32 Å². The van der Waals surface area contributed by atoms with Crippen LogP contribution >= 0.6 is 0 Å². The first-order valence-corrected chi connectivity index (χ1v) is 13.1. The predicted octanol–water partition coefficient (Wildman–Crippen LogP) is 3.60. The Morgan fingerprint density at radius 2 is 1.94 bits per heavy atom. The molecule has 1 aromatic carbocycles. The predicted molar refractivity (Wildman–Crippen MR) is 120 cm³/mol. The summed E-state index contributed by atoms with van der Waals surface area (Å²) in [6.07, 6.45) is 5.02. The molecule has 0 radical (unpaired) electrons. The topological polar surface area (TPSA) is 75.7 Å². The van der Waals surface area contributed by atoms with Crippen LogP contribution in [0.2, 0.25) is 0 Å². The van der Waals surface area contributed by atoms with Crippen molar-refractivity contribution in [2.45, 2.75) is 70.7 Å². The van der Waals surface area contributed by atoms with Crippen molar-refractivity contribution < 1.29 is 17.9 Å². The Balaban J connectivity index is 1.63. The molecule has 3 fully saturated rings. The van der Waals surface area contributed by atoms with Crippen LogP contribution in [0, 0.1) is 16.7 Å². The Bertz CT molecular complexity index is 948. The van der Waals surface area contributed by atoms with E-state index in [4.69, 9.17) is 4.74 Å². The number of morpholine rings is 1. The third-order valence-corrected chi connectivity index (χ3v) is 9.96. The molecule has 172 valence electrons. The van der Waals surface area contributed by atoms with Gasteiger partial charge in [-0.05, 0) is 60.1 Å². The number of hydrogen-bond acceptors (Lipinski definition) is 4. The fourth-order valence-electron chi connectivity index (χ4n) is 6.21. The Labute approximate surface area is 186 Å². The number of nitrogens with zero attached hydrogens (tertiary/aromatic N) is 1. The van der Waals surface area contributed by atoms with Crippen molar-refractivity contribution in [3.63, 3.8) is 0 Å². The summed E-state index contributed by atoms with van der Waals surface area (Å²) in [7, 11) is -3.67. The minimum Gasteiger partial charge on any atom is -0.379 e. The van der Waals surface area contributed by atoms with Gasteiger partial charge in [0.15, 0.2) is 0 Å². The van der Waals surface area contributed by atoms with Crippen LogP contribution in [0.4, 0.5) is 0 Å². The quantitative estimate of drug-likeness (QED) is 0.721. The molecular weight excluding hydrogens is 412 g/mol. The van der Waals surface area contributed by atoms with Crippen molar-refractivity contribution in [1.29, 1.82) is 0 Å². The van der Waals surface area contributed by atoms with Gasteiger partial charge < -0.3 is 10.1 Å². The van der Waals surface area contributed by atoms with E-state index in [1.54, 1.807) is 12.1 Å². The van der Waals surface area contributed by atoms with Crippen molar-refractivity contribution >= 4 is 15.9 Å². The number of rotatable bonds is 6. The molecule has 1 saturated heterocycles. The molecule has 1 amide bonds.